The molecular weight excluding hydrogens is 392 g/mol. The van der Waals surface area contributed by atoms with Gasteiger partial charge in [-0.2, -0.15) is 0 Å². The maximum absolute atomic E-state index is 12.9. The van der Waals surface area contributed by atoms with E-state index in [0.29, 0.717) is 30.3 Å². The number of hydrogen-bond acceptors (Lipinski definition) is 4. The van der Waals surface area contributed by atoms with Gasteiger partial charge in [0.1, 0.15) is 18.0 Å². The van der Waals surface area contributed by atoms with Gasteiger partial charge < -0.3 is 19.7 Å². The van der Waals surface area contributed by atoms with E-state index in [2.05, 4.69) is 5.32 Å². The van der Waals surface area contributed by atoms with Gasteiger partial charge in [0.2, 0.25) is 5.91 Å². The molecule has 29 heavy (non-hydrogen) atoms. The lowest BCUT2D eigenvalue weighted by Gasteiger charge is -2.39. The van der Waals surface area contributed by atoms with E-state index in [1.165, 1.54) is 0 Å². The number of benzene rings is 1. The fourth-order valence-corrected chi connectivity index (χ4v) is 3.29. The van der Waals surface area contributed by atoms with Crippen molar-refractivity contribution in [2.24, 2.45) is 11.3 Å². The van der Waals surface area contributed by atoms with Crippen molar-refractivity contribution in [2.45, 2.75) is 59.6 Å². The number of rotatable bonds is 5. The lowest BCUT2D eigenvalue weighted by molar-refractivity contribution is -0.132. The molecule has 0 saturated carbocycles. The van der Waals surface area contributed by atoms with Crippen molar-refractivity contribution in [3.05, 3.63) is 29.3 Å². The summed E-state index contributed by atoms with van der Waals surface area (Å²) in [5, 5.41) is 3.66. The summed E-state index contributed by atoms with van der Waals surface area (Å²) in [6.45, 7) is 12.6. The van der Waals surface area contributed by atoms with Crippen LogP contribution in [0.2, 0.25) is 5.02 Å². The van der Waals surface area contributed by atoms with Crippen LogP contribution in [0.1, 0.15) is 48.0 Å². The van der Waals surface area contributed by atoms with Gasteiger partial charge in [-0.15, -0.1) is 0 Å². The van der Waals surface area contributed by atoms with E-state index in [0.717, 1.165) is 0 Å². The number of likely N-dealkylation sites (tertiary alicyclic amines) is 1. The predicted octanol–water partition coefficient (Wildman–Crippen LogP) is 4.51. The van der Waals surface area contributed by atoms with Gasteiger partial charge in [0.05, 0.1) is 10.4 Å². The van der Waals surface area contributed by atoms with Crippen LogP contribution in [0.25, 0.3) is 0 Å². The summed E-state index contributed by atoms with van der Waals surface area (Å²) in [7, 11) is 0. The molecule has 2 atom stereocenters. The van der Waals surface area contributed by atoms with Gasteiger partial charge in [-0.25, -0.2) is 4.79 Å². The Bertz CT molecular complexity index is 730. The van der Waals surface area contributed by atoms with Crippen molar-refractivity contribution in [2.75, 3.05) is 19.7 Å². The SMILES string of the molecule is C[C@H]1CN(C(=O)OC(C)(C)C)CC[C@@H]1NC(=O)C(C)(C)COc1ccccc1Cl. The summed E-state index contributed by atoms with van der Waals surface area (Å²) in [4.78, 5) is 26.9. The Hall–Kier alpha value is -1.95. The molecule has 1 fully saturated rings. The largest absolute Gasteiger partial charge is 0.491 e. The maximum Gasteiger partial charge on any atom is 0.410 e. The molecule has 2 rings (SSSR count). The monoisotopic (exact) mass is 424 g/mol. The first-order valence-corrected chi connectivity index (χ1v) is 10.4. The molecule has 0 unspecified atom stereocenters. The average molecular weight is 425 g/mol. The minimum atomic E-state index is -0.721. The van der Waals surface area contributed by atoms with Gasteiger partial charge in [0.15, 0.2) is 0 Å². The quantitative estimate of drug-likeness (QED) is 0.755. The summed E-state index contributed by atoms with van der Waals surface area (Å²) in [5.74, 6) is 0.613. The number of ether oxygens (including phenoxy) is 2. The van der Waals surface area contributed by atoms with Crippen LogP contribution in [0.3, 0.4) is 0 Å². The predicted molar refractivity (Wildman–Crippen MR) is 114 cm³/mol. The third-order valence-electron chi connectivity index (χ3n) is 4.91. The molecule has 7 heteroatoms. The van der Waals surface area contributed by atoms with Gasteiger partial charge in [-0.1, -0.05) is 30.7 Å². The molecule has 2 amide bonds. The number of halogens is 1. The normalized spacial score (nSPS) is 20.2. The second-order valence-corrected chi connectivity index (χ2v) is 9.78. The van der Waals surface area contributed by atoms with Crippen molar-refractivity contribution in [1.29, 1.82) is 0 Å². The van der Waals surface area contributed by atoms with Crippen LogP contribution in [-0.2, 0) is 9.53 Å². The summed E-state index contributed by atoms with van der Waals surface area (Å²) >= 11 is 6.12. The van der Waals surface area contributed by atoms with Crippen molar-refractivity contribution in [3.63, 3.8) is 0 Å². The first-order chi connectivity index (χ1) is 13.4. The van der Waals surface area contributed by atoms with Crippen LogP contribution in [0.5, 0.6) is 5.75 Å². The molecule has 0 bridgehead atoms. The van der Waals surface area contributed by atoms with Crippen LogP contribution >= 0.6 is 11.6 Å². The molecule has 1 saturated heterocycles. The molecule has 1 aliphatic rings. The highest BCUT2D eigenvalue weighted by atomic mass is 35.5. The van der Waals surface area contributed by atoms with Gasteiger partial charge in [-0.05, 0) is 59.1 Å². The van der Waals surface area contributed by atoms with E-state index in [1.807, 2.05) is 53.7 Å². The van der Waals surface area contributed by atoms with Crippen LogP contribution in [0.4, 0.5) is 4.79 Å². The third kappa shape index (κ3) is 6.81. The molecule has 162 valence electrons. The highest BCUT2D eigenvalue weighted by molar-refractivity contribution is 6.32. The second-order valence-electron chi connectivity index (χ2n) is 9.38. The van der Waals surface area contributed by atoms with E-state index in [1.54, 1.807) is 17.0 Å². The Labute approximate surface area is 178 Å². The number of hydrogen-bond donors (Lipinski definition) is 1. The highest BCUT2D eigenvalue weighted by Crippen LogP contribution is 2.27. The molecule has 0 aliphatic carbocycles. The zero-order chi connectivity index (χ0) is 21.8. The average Bonchev–Trinajstić information content (AvgIpc) is 2.61. The molecule has 1 aromatic carbocycles. The van der Waals surface area contributed by atoms with Gasteiger partial charge in [0.25, 0.3) is 0 Å². The maximum atomic E-state index is 12.9. The molecule has 6 nitrogen and oxygen atoms in total. The zero-order valence-electron chi connectivity index (χ0n) is 18.3. The van der Waals surface area contributed by atoms with Crippen molar-refractivity contribution >= 4 is 23.6 Å². The topological polar surface area (TPSA) is 67.9 Å². The number of nitrogens with zero attached hydrogens (tertiary/aromatic N) is 1. The fourth-order valence-electron chi connectivity index (χ4n) is 3.10. The Morgan fingerprint density at radius 3 is 2.45 bits per heavy atom. The zero-order valence-corrected chi connectivity index (χ0v) is 19.0. The van der Waals surface area contributed by atoms with E-state index < -0.39 is 11.0 Å². The van der Waals surface area contributed by atoms with E-state index in [4.69, 9.17) is 21.1 Å². The summed E-state index contributed by atoms with van der Waals surface area (Å²) < 4.78 is 11.2. The number of amides is 2. The standard InChI is InChI=1S/C22H33ClN2O4/c1-15-13-25(20(27)29-21(2,3)4)12-11-17(15)24-19(26)22(5,6)14-28-18-10-8-7-9-16(18)23/h7-10,15,17H,11-14H2,1-6H3,(H,24,26)/t15-,17-/m0/s1. The molecule has 1 N–H and O–H groups in total. The Balaban J connectivity index is 1.88. The third-order valence-corrected chi connectivity index (χ3v) is 5.23. The van der Waals surface area contributed by atoms with Gasteiger partial charge >= 0.3 is 6.09 Å². The van der Waals surface area contributed by atoms with Crippen molar-refractivity contribution in [1.82, 2.24) is 10.2 Å². The lowest BCUT2D eigenvalue weighted by Crippen LogP contribution is -2.54. The van der Waals surface area contributed by atoms with Crippen molar-refractivity contribution < 1.29 is 19.1 Å². The molecular formula is C22H33ClN2O4. The molecule has 1 heterocycles. The number of nitrogens with one attached hydrogen (secondary N) is 1. The molecule has 0 spiro atoms. The summed E-state index contributed by atoms with van der Waals surface area (Å²) in [5.41, 5.74) is -1.24. The van der Waals surface area contributed by atoms with Gasteiger partial charge in [0, 0.05) is 19.1 Å². The Morgan fingerprint density at radius 2 is 1.86 bits per heavy atom. The minimum Gasteiger partial charge on any atom is -0.491 e. The number of carbonyl (C=O) groups excluding carboxylic acids is 2. The first kappa shape index (κ1) is 23.3. The smallest absolute Gasteiger partial charge is 0.410 e. The number of para-hydroxylation sites is 1. The summed E-state index contributed by atoms with van der Waals surface area (Å²) in [6.07, 6.45) is 0.385. The Kier molecular flexibility index (Phi) is 7.44. The second kappa shape index (κ2) is 9.24. The lowest BCUT2D eigenvalue weighted by atomic mass is 9.89. The van der Waals surface area contributed by atoms with E-state index >= 15 is 0 Å². The number of carbonyl (C=O) groups is 2. The molecule has 0 aromatic heterocycles. The van der Waals surface area contributed by atoms with Crippen LogP contribution in [0, 0.1) is 11.3 Å². The Morgan fingerprint density at radius 1 is 1.21 bits per heavy atom. The van der Waals surface area contributed by atoms with E-state index in [9.17, 15) is 9.59 Å². The van der Waals surface area contributed by atoms with Crippen LogP contribution < -0.4 is 10.1 Å². The molecule has 1 aromatic rings. The van der Waals surface area contributed by atoms with Crippen LogP contribution in [0.15, 0.2) is 24.3 Å². The minimum absolute atomic E-state index is 0.000718. The number of piperidine rings is 1. The first-order valence-electron chi connectivity index (χ1n) is 10.1. The van der Waals surface area contributed by atoms with Crippen LogP contribution in [-0.4, -0.2) is 48.2 Å². The van der Waals surface area contributed by atoms with Crippen molar-refractivity contribution in [3.8, 4) is 5.75 Å². The van der Waals surface area contributed by atoms with Gasteiger partial charge in [-0.3, -0.25) is 4.79 Å². The molecule has 0 radical (unpaired) electrons. The highest BCUT2D eigenvalue weighted by Gasteiger charge is 2.35. The fraction of sp³-hybridized carbons (Fsp3) is 0.636. The summed E-state index contributed by atoms with van der Waals surface area (Å²) in [6, 6.07) is 7.21. The van der Waals surface area contributed by atoms with E-state index in [-0.39, 0.29) is 30.6 Å². The molecule has 1 aliphatic heterocycles.